The first-order chi connectivity index (χ1) is 8.11. The van der Waals surface area contributed by atoms with Gasteiger partial charge in [-0.25, -0.2) is 0 Å². The van der Waals surface area contributed by atoms with Crippen LogP contribution >= 0.6 is 0 Å². The second kappa shape index (κ2) is 4.63. The first kappa shape index (κ1) is 11.7. The molecule has 0 saturated carbocycles. The van der Waals surface area contributed by atoms with Gasteiger partial charge in [0.2, 0.25) is 0 Å². The molecule has 1 aromatic carbocycles. The number of nitrogens with one attached hydrogen (secondary N) is 1. The summed E-state index contributed by atoms with van der Waals surface area (Å²) in [7, 11) is 1.69. The van der Waals surface area contributed by atoms with Crippen LogP contribution in [0.1, 0.15) is 16.8 Å². The van der Waals surface area contributed by atoms with E-state index in [0.29, 0.717) is 0 Å². The molecule has 0 spiro atoms. The highest BCUT2D eigenvalue weighted by molar-refractivity contribution is 5.99. The van der Waals surface area contributed by atoms with Crippen molar-refractivity contribution < 1.29 is 15.0 Å². The lowest BCUT2D eigenvalue weighted by Gasteiger charge is -2.24. The summed E-state index contributed by atoms with van der Waals surface area (Å²) in [5.74, 6) is -0.727. The minimum atomic E-state index is -0.353. The van der Waals surface area contributed by atoms with Gasteiger partial charge in [-0.15, -0.1) is 0 Å². The molecule has 0 aliphatic carbocycles. The Bertz CT molecular complexity index is 408. The Morgan fingerprint density at radius 3 is 2.59 bits per heavy atom. The normalized spacial score (nSPS) is 19.2. The Hall–Kier alpha value is -1.75. The van der Waals surface area contributed by atoms with Gasteiger partial charge in [-0.1, -0.05) is 6.07 Å². The van der Waals surface area contributed by atoms with E-state index in [9.17, 15) is 15.0 Å². The number of phenolic OH excluding ortho intramolecular Hbond substituents is 2. The lowest BCUT2D eigenvalue weighted by molar-refractivity contribution is 0.0737. The van der Waals surface area contributed by atoms with Gasteiger partial charge in [-0.2, -0.15) is 0 Å². The molecule has 2 rings (SSSR count). The maximum atomic E-state index is 12.2. The minimum absolute atomic E-state index is 0.0260. The van der Waals surface area contributed by atoms with Gasteiger partial charge in [0.1, 0.15) is 17.1 Å². The predicted octanol–water partition coefficient (Wildman–Crippen LogP) is 0.532. The largest absolute Gasteiger partial charge is 0.507 e. The summed E-state index contributed by atoms with van der Waals surface area (Å²) >= 11 is 0. The molecular weight excluding hydrogens is 220 g/mol. The third kappa shape index (κ3) is 2.19. The first-order valence-corrected chi connectivity index (χ1v) is 5.60. The van der Waals surface area contributed by atoms with Crippen molar-refractivity contribution in [1.82, 2.24) is 10.2 Å². The average molecular weight is 236 g/mol. The molecule has 17 heavy (non-hydrogen) atoms. The van der Waals surface area contributed by atoms with E-state index in [1.165, 1.54) is 18.2 Å². The van der Waals surface area contributed by atoms with Crippen molar-refractivity contribution in [2.45, 2.75) is 12.5 Å². The third-order valence-corrected chi connectivity index (χ3v) is 3.14. The van der Waals surface area contributed by atoms with E-state index < -0.39 is 0 Å². The molecule has 1 saturated heterocycles. The van der Waals surface area contributed by atoms with Gasteiger partial charge < -0.3 is 20.4 Å². The Morgan fingerprint density at radius 1 is 1.41 bits per heavy atom. The molecular formula is C12H16N2O3. The lowest BCUT2D eigenvalue weighted by atomic mass is 10.1. The average Bonchev–Trinajstić information content (AvgIpc) is 2.81. The van der Waals surface area contributed by atoms with Crippen molar-refractivity contribution >= 4 is 5.91 Å². The van der Waals surface area contributed by atoms with Crippen molar-refractivity contribution in [1.29, 1.82) is 0 Å². The smallest absolute Gasteiger partial charge is 0.261 e. The molecule has 1 aliphatic heterocycles. The standard InChI is InChI=1S/C12H16N2O3/c1-14(8-5-6-13-7-8)12(17)11-9(15)3-2-4-10(11)16/h2-4,8,13,15-16H,5-7H2,1H3. The van der Waals surface area contributed by atoms with Crippen LogP contribution in [0.3, 0.4) is 0 Å². The van der Waals surface area contributed by atoms with Gasteiger partial charge in [0.25, 0.3) is 5.91 Å². The summed E-state index contributed by atoms with van der Waals surface area (Å²) in [5.41, 5.74) is -0.0260. The van der Waals surface area contributed by atoms with Crippen LogP contribution in [0.2, 0.25) is 0 Å². The predicted molar refractivity (Wildman–Crippen MR) is 63.1 cm³/mol. The number of hydrogen-bond acceptors (Lipinski definition) is 4. The molecule has 1 unspecified atom stereocenters. The van der Waals surface area contributed by atoms with E-state index in [2.05, 4.69) is 5.32 Å². The van der Waals surface area contributed by atoms with Gasteiger partial charge in [-0.05, 0) is 25.1 Å². The summed E-state index contributed by atoms with van der Waals surface area (Å²) in [6, 6.07) is 4.40. The van der Waals surface area contributed by atoms with Crippen molar-refractivity contribution in [3.63, 3.8) is 0 Å². The van der Waals surface area contributed by atoms with E-state index >= 15 is 0 Å². The van der Waals surface area contributed by atoms with Crippen LogP contribution in [-0.2, 0) is 0 Å². The molecule has 1 amide bonds. The molecule has 0 bridgehead atoms. The molecule has 1 fully saturated rings. The third-order valence-electron chi connectivity index (χ3n) is 3.14. The number of hydrogen-bond donors (Lipinski definition) is 3. The van der Waals surface area contributed by atoms with Crippen LogP contribution in [0.5, 0.6) is 11.5 Å². The topological polar surface area (TPSA) is 72.8 Å². The molecule has 3 N–H and O–H groups in total. The van der Waals surface area contributed by atoms with Gasteiger partial charge in [0.15, 0.2) is 0 Å². The number of likely N-dealkylation sites (N-methyl/N-ethyl adjacent to an activating group) is 1. The zero-order chi connectivity index (χ0) is 12.4. The highest BCUT2D eigenvalue weighted by Gasteiger charge is 2.27. The second-order valence-electron chi connectivity index (χ2n) is 4.23. The van der Waals surface area contributed by atoms with E-state index in [0.717, 1.165) is 19.5 Å². The number of nitrogens with zero attached hydrogens (tertiary/aromatic N) is 1. The highest BCUT2D eigenvalue weighted by Crippen LogP contribution is 2.28. The molecule has 1 heterocycles. The molecule has 0 aromatic heterocycles. The molecule has 1 aliphatic rings. The fourth-order valence-corrected chi connectivity index (χ4v) is 2.06. The summed E-state index contributed by atoms with van der Waals surface area (Å²) < 4.78 is 0. The van der Waals surface area contributed by atoms with Gasteiger partial charge in [0, 0.05) is 19.6 Å². The van der Waals surface area contributed by atoms with Crippen LogP contribution in [0.4, 0.5) is 0 Å². The maximum Gasteiger partial charge on any atom is 0.261 e. The van der Waals surface area contributed by atoms with Gasteiger partial charge in [-0.3, -0.25) is 4.79 Å². The number of phenols is 2. The molecule has 5 nitrogen and oxygen atoms in total. The fourth-order valence-electron chi connectivity index (χ4n) is 2.06. The van der Waals surface area contributed by atoms with E-state index in [1.807, 2.05) is 0 Å². The number of benzene rings is 1. The molecule has 0 radical (unpaired) electrons. The Balaban J connectivity index is 2.24. The van der Waals surface area contributed by atoms with Crippen molar-refractivity contribution in [2.75, 3.05) is 20.1 Å². The van der Waals surface area contributed by atoms with Crippen molar-refractivity contribution in [3.8, 4) is 11.5 Å². The SMILES string of the molecule is CN(C(=O)c1c(O)cccc1O)C1CCNC1. The summed E-state index contributed by atoms with van der Waals surface area (Å²) in [5, 5.41) is 22.4. The number of rotatable bonds is 2. The number of carbonyl (C=O) groups is 1. The number of aromatic hydroxyl groups is 2. The quantitative estimate of drug-likeness (QED) is 0.700. The monoisotopic (exact) mass is 236 g/mol. The molecule has 92 valence electrons. The van der Waals surface area contributed by atoms with Crippen LogP contribution in [-0.4, -0.2) is 47.2 Å². The number of carbonyl (C=O) groups excluding carboxylic acids is 1. The zero-order valence-electron chi connectivity index (χ0n) is 9.68. The highest BCUT2D eigenvalue weighted by atomic mass is 16.3. The summed E-state index contributed by atoms with van der Waals surface area (Å²) in [6.45, 7) is 1.63. The Labute approximate surface area is 99.7 Å². The fraction of sp³-hybridized carbons (Fsp3) is 0.417. The van der Waals surface area contributed by atoms with E-state index in [1.54, 1.807) is 11.9 Å². The molecule has 1 atom stereocenters. The van der Waals surface area contributed by atoms with Crippen molar-refractivity contribution in [2.24, 2.45) is 0 Å². The Morgan fingerprint density at radius 2 is 2.06 bits per heavy atom. The van der Waals surface area contributed by atoms with E-state index in [4.69, 9.17) is 0 Å². The molecule has 1 aromatic rings. The number of amides is 1. The summed E-state index contributed by atoms with van der Waals surface area (Å²) in [6.07, 6.45) is 0.886. The maximum absolute atomic E-state index is 12.2. The zero-order valence-corrected chi connectivity index (χ0v) is 9.68. The minimum Gasteiger partial charge on any atom is -0.507 e. The summed E-state index contributed by atoms with van der Waals surface area (Å²) in [4.78, 5) is 13.7. The van der Waals surface area contributed by atoms with Gasteiger partial charge >= 0.3 is 0 Å². The van der Waals surface area contributed by atoms with E-state index in [-0.39, 0.29) is 29.0 Å². The second-order valence-corrected chi connectivity index (χ2v) is 4.23. The van der Waals surface area contributed by atoms with Crippen molar-refractivity contribution in [3.05, 3.63) is 23.8 Å². The van der Waals surface area contributed by atoms with Crippen LogP contribution in [0.15, 0.2) is 18.2 Å². The van der Waals surface area contributed by atoms with Crippen LogP contribution in [0, 0.1) is 0 Å². The van der Waals surface area contributed by atoms with Gasteiger partial charge in [0.05, 0.1) is 0 Å². The Kier molecular flexibility index (Phi) is 3.19. The first-order valence-electron chi connectivity index (χ1n) is 5.60. The van der Waals surface area contributed by atoms with Crippen LogP contribution < -0.4 is 5.32 Å². The lowest BCUT2D eigenvalue weighted by Crippen LogP contribution is -2.38. The van der Waals surface area contributed by atoms with Crippen LogP contribution in [0.25, 0.3) is 0 Å². The molecule has 5 heteroatoms.